The smallest absolute Gasteiger partial charge is 0.225 e. The minimum Gasteiger partial charge on any atom is -0.392 e. The second-order valence-corrected chi connectivity index (χ2v) is 14.5. The summed E-state index contributed by atoms with van der Waals surface area (Å²) in [6.07, 6.45) is 14.2. The Hall–Kier alpha value is -0.870. The maximum absolute atomic E-state index is 13.1. The SMILES string of the molecule is CC(C)CCC[C@@H](C)[C@H]1CC[C@H]2[C@@H]3CC=C4C[C@@H](O)C(C(=O)NCCN(C)C)C[C@]4(C)[C@H]3CC[C@]12C. The molecule has 206 valence electrons. The molecule has 0 heterocycles. The number of allylic oxidation sites excluding steroid dienone is 1. The molecule has 0 radical (unpaired) electrons. The van der Waals surface area contributed by atoms with Crippen molar-refractivity contribution in [3.8, 4) is 0 Å². The molecule has 4 rings (SSSR count). The first-order chi connectivity index (χ1) is 17.0. The van der Waals surface area contributed by atoms with E-state index < -0.39 is 6.10 Å². The molecule has 4 aliphatic rings. The normalized spacial score (nSPS) is 40.9. The van der Waals surface area contributed by atoms with Gasteiger partial charge in [-0.05, 0) is 105 Å². The molecule has 1 amide bonds. The third kappa shape index (κ3) is 5.33. The van der Waals surface area contributed by atoms with Crippen molar-refractivity contribution in [3.63, 3.8) is 0 Å². The molecule has 4 heteroatoms. The van der Waals surface area contributed by atoms with Gasteiger partial charge in [0.15, 0.2) is 0 Å². The Bertz CT molecular complexity index is 806. The number of fused-ring (bicyclic) bond motifs is 5. The first-order valence-electron chi connectivity index (χ1n) is 15.3. The number of nitrogens with one attached hydrogen (secondary N) is 1. The minimum absolute atomic E-state index is 0.0588. The van der Waals surface area contributed by atoms with E-state index in [0.29, 0.717) is 24.3 Å². The fourth-order valence-electron chi connectivity index (χ4n) is 9.54. The Morgan fingerprint density at radius 2 is 1.89 bits per heavy atom. The van der Waals surface area contributed by atoms with Crippen LogP contribution in [0.4, 0.5) is 0 Å². The van der Waals surface area contributed by atoms with Gasteiger partial charge in [-0.25, -0.2) is 0 Å². The highest BCUT2D eigenvalue weighted by atomic mass is 16.3. The van der Waals surface area contributed by atoms with E-state index >= 15 is 0 Å². The molecular weight excluding hydrogens is 444 g/mol. The van der Waals surface area contributed by atoms with Crippen LogP contribution in [0.3, 0.4) is 0 Å². The standard InChI is InChI=1S/C32H56N2O2/c1-21(2)9-8-10-22(3)26-13-14-27-24-12-11-23-19-29(35)25(30(36)33-17-18-34(6)7)20-32(23,5)28(24)15-16-31(26,27)4/h11,21-22,24-29,35H,8-10,12-20H2,1-7H3,(H,33,36)/t22-,24+,25?,26-,27+,28+,29-,31-,32+/m1/s1. The van der Waals surface area contributed by atoms with Crippen LogP contribution in [0, 0.1) is 52.3 Å². The van der Waals surface area contributed by atoms with E-state index in [0.717, 1.165) is 42.6 Å². The topological polar surface area (TPSA) is 52.6 Å². The van der Waals surface area contributed by atoms with Crippen molar-refractivity contribution in [2.24, 2.45) is 52.3 Å². The zero-order valence-corrected chi connectivity index (χ0v) is 24.5. The van der Waals surface area contributed by atoms with E-state index in [9.17, 15) is 9.90 Å². The molecule has 3 saturated carbocycles. The monoisotopic (exact) mass is 500 g/mol. The highest BCUT2D eigenvalue weighted by molar-refractivity contribution is 5.79. The molecule has 3 fully saturated rings. The number of aliphatic hydroxyl groups is 1. The van der Waals surface area contributed by atoms with Gasteiger partial charge in [-0.15, -0.1) is 0 Å². The number of hydrogen-bond acceptors (Lipinski definition) is 3. The average molecular weight is 501 g/mol. The van der Waals surface area contributed by atoms with Crippen LogP contribution in [0.15, 0.2) is 11.6 Å². The molecule has 9 atom stereocenters. The number of carbonyl (C=O) groups excluding carboxylic acids is 1. The van der Waals surface area contributed by atoms with Crippen LogP contribution >= 0.6 is 0 Å². The lowest BCUT2D eigenvalue weighted by Crippen LogP contribution is -2.54. The van der Waals surface area contributed by atoms with E-state index in [1.165, 1.54) is 56.9 Å². The maximum atomic E-state index is 13.1. The van der Waals surface area contributed by atoms with Crippen molar-refractivity contribution in [1.29, 1.82) is 0 Å². The maximum Gasteiger partial charge on any atom is 0.225 e. The number of likely N-dealkylation sites (N-methyl/N-ethyl adjacent to an activating group) is 1. The van der Waals surface area contributed by atoms with Gasteiger partial charge in [0.2, 0.25) is 5.91 Å². The van der Waals surface area contributed by atoms with E-state index in [1.54, 1.807) is 0 Å². The fourth-order valence-corrected chi connectivity index (χ4v) is 9.54. The lowest BCUT2D eigenvalue weighted by Gasteiger charge is -2.59. The summed E-state index contributed by atoms with van der Waals surface area (Å²) in [4.78, 5) is 15.2. The van der Waals surface area contributed by atoms with Gasteiger partial charge in [0.25, 0.3) is 0 Å². The highest BCUT2D eigenvalue weighted by Gasteiger charge is 2.60. The lowest BCUT2D eigenvalue weighted by atomic mass is 9.46. The van der Waals surface area contributed by atoms with Gasteiger partial charge in [-0.3, -0.25) is 4.79 Å². The van der Waals surface area contributed by atoms with Crippen molar-refractivity contribution in [1.82, 2.24) is 10.2 Å². The van der Waals surface area contributed by atoms with Crippen LogP contribution in [-0.2, 0) is 4.79 Å². The summed E-state index contributed by atoms with van der Waals surface area (Å²) in [5.74, 6) is 4.53. The molecule has 0 aliphatic heterocycles. The predicted molar refractivity (Wildman–Crippen MR) is 149 cm³/mol. The molecule has 1 unspecified atom stereocenters. The summed E-state index contributed by atoms with van der Waals surface area (Å²) in [7, 11) is 4.05. The van der Waals surface area contributed by atoms with Crippen molar-refractivity contribution in [2.45, 2.75) is 105 Å². The number of nitrogens with zero attached hydrogens (tertiary/aromatic N) is 1. The molecule has 4 aliphatic carbocycles. The fraction of sp³-hybridized carbons (Fsp3) is 0.906. The molecule has 0 aromatic heterocycles. The van der Waals surface area contributed by atoms with Gasteiger partial charge in [-0.1, -0.05) is 65.5 Å². The van der Waals surface area contributed by atoms with Gasteiger partial charge in [0.1, 0.15) is 0 Å². The van der Waals surface area contributed by atoms with Crippen LogP contribution in [0.1, 0.15) is 98.8 Å². The number of amides is 1. The van der Waals surface area contributed by atoms with E-state index in [1.807, 2.05) is 14.1 Å². The molecule has 0 aromatic carbocycles. The van der Waals surface area contributed by atoms with Gasteiger partial charge in [-0.2, -0.15) is 0 Å². The number of hydrogen-bond donors (Lipinski definition) is 2. The average Bonchev–Trinajstić information content (AvgIpc) is 3.15. The zero-order valence-electron chi connectivity index (χ0n) is 24.5. The molecule has 4 nitrogen and oxygen atoms in total. The zero-order chi connectivity index (χ0) is 26.3. The van der Waals surface area contributed by atoms with Crippen molar-refractivity contribution >= 4 is 5.91 Å². The first kappa shape index (κ1) is 28.1. The summed E-state index contributed by atoms with van der Waals surface area (Å²) in [6, 6.07) is 0. The summed E-state index contributed by atoms with van der Waals surface area (Å²) in [6.45, 7) is 13.8. The third-order valence-electron chi connectivity index (χ3n) is 11.6. The summed E-state index contributed by atoms with van der Waals surface area (Å²) in [5, 5.41) is 14.1. The lowest BCUT2D eigenvalue weighted by molar-refractivity contribution is -0.134. The summed E-state index contributed by atoms with van der Waals surface area (Å²) >= 11 is 0. The van der Waals surface area contributed by atoms with Crippen LogP contribution in [0.2, 0.25) is 0 Å². The van der Waals surface area contributed by atoms with Crippen LogP contribution in [0.5, 0.6) is 0 Å². The van der Waals surface area contributed by atoms with Gasteiger partial charge >= 0.3 is 0 Å². The van der Waals surface area contributed by atoms with Crippen LogP contribution < -0.4 is 5.32 Å². The number of carbonyl (C=O) groups is 1. The van der Waals surface area contributed by atoms with Crippen molar-refractivity contribution < 1.29 is 9.90 Å². The molecule has 0 aromatic rings. The first-order valence-corrected chi connectivity index (χ1v) is 15.3. The van der Waals surface area contributed by atoms with Crippen molar-refractivity contribution in [2.75, 3.05) is 27.2 Å². The second-order valence-electron chi connectivity index (χ2n) is 14.5. The van der Waals surface area contributed by atoms with Gasteiger partial charge in [0.05, 0.1) is 12.0 Å². The third-order valence-corrected chi connectivity index (χ3v) is 11.6. The largest absolute Gasteiger partial charge is 0.392 e. The molecule has 0 spiro atoms. The van der Waals surface area contributed by atoms with Gasteiger partial charge < -0.3 is 15.3 Å². The Morgan fingerprint density at radius 1 is 1.14 bits per heavy atom. The van der Waals surface area contributed by atoms with Gasteiger partial charge in [0, 0.05) is 13.1 Å². The highest BCUT2D eigenvalue weighted by Crippen LogP contribution is 2.67. The molecular formula is C32H56N2O2. The number of rotatable bonds is 9. The molecule has 0 saturated heterocycles. The summed E-state index contributed by atoms with van der Waals surface area (Å²) < 4.78 is 0. The van der Waals surface area contributed by atoms with Crippen molar-refractivity contribution in [3.05, 3.63) is 11.6 Å². The molecule has 36 heavy (non-hydrogen) atoms. The quantitative estimate of drug-likeness (QED) is 0.366. The second kappa shape index (κ2) is 11.1. The number of aliphatic hydroxyl groups excluding tert-OH is 1. The van der Waals surface area contributed by atoms with Crippen LogP contribution in [-0.4, -0.2) is 49.2 Å². The predicted octanol–water partition coefficient (Wildman–Crippen LogP) is 6.29. The van der Waals surface area contributed by atoms with E-state index in [2.05, 4.69) is 50.9 Å². The Balaban J connectivity index is 1.46. The summed E-state index contributed by atoms with van der Waals surface area (Å²) in [5.41, 5.74) is 2.00. The Labute approximate surface area is 222 Å². The van der Waals surface area contributed by atoms with E-state index in [-0.39, 0.29) is 17.2 Å². The van der Waals surface area contributed by atoms with E-state index in [4.69, 9.17) is 0 Å². The Kier molecular flexibility index (Phi) is 8.67. The Morgan fingerprint density at radius 3 is 2.58 bits per heavy atom. The molecule has 0 bridgehead atoms. The molecule has 2 N–H and O–H groups in total. The minimum atomic E-state index is -0.545. The van der Waals surface area contributed by atoms with Crippen LogP contribution in [0.25, 0.3) is 0 Å².